The normalized spacial score (nSPS) is 16.0. The van der Waals surface area contributed by atoms with Crippen molar-refractivity contribution in [3.05, 3.63) is 59.9 Å². The quantitative estimate of drug-likeness (QED) is 0.668. The van der Waals surface area contributed by atoms with Crippen LogP contribution in [0.3, 0.4) is 0 Å². The van der Waals surface area contributed by atoms with E-state index in [1.165, 1.54) is 7.28 Å². The molecule has 1 fully saturated rings. The number of aromatic nitrogens is 3. The van der Waals surface area contributed by atoms with Crippen LogP contribution in [-0.4, -0.2) is 46.9 Å². The van der Waals surface area contributed by atoms with Crippen LogP contribution in [0.1, 0.15) is 41.4 Å². The molecule has 1 radical (unpaired) electrons. The zero-order chi connectivity index (χ0) is 20.6. The van der Waals surface area contributed by atoms with Gasteiger partial charge in [0.1, 0.15) is 22.9 Å². The lowest BCUT2D eigenvalue weighted by Gasteiger charge is -2.34. The fourth-order valence-electron chi connectivity index (χ4n) is 3.62. The SMILES string of the molecule is C=C([B]C(=O)c1n[nH]c2cc(N3CCC(C)(F)CC3)ncc12)c1cccc(C)c1. The third kappa shape index (κ3) is 4.09. The Morgan fingerprint density at radius 1 is 1.31 bits per heavy atom. The Labute approximate surface area is 170 Å². The number of hydrogen-bond acceptors (Lipinski definition) is 4. The van der Waals surface area contributed by atoms with Crippen LogP contribution < -0.4 is 4.90 Å². The molecule has 1 saturated heterocycles. The van der Waals surface area contributed by atoms with Crippen LogP contribution >= 0.6 is 0 Å². The van der Waals surface area contributed by atoms with Crippen molar-refractivity contribution in [3.63, 3.8) is 0 Å². The van der Waals surface area contributed by atoms with Gasteiger partial charge < -0.3 is 9.69 Å². The molecular formula is C22H23BFN4O. The lowest BCUT2D eigenvalue weighted by atomic mass is 9.62. The van der Waals surface area contributed by atoms with Crippen LogP contribution in [-0.2, 0) is 0 Å². The minimum absolute atomic E-state index is 0.219. The van der Waals surface area contributed by atoms with Crippen LogP contribution in [0.5, 0.6) is 0 Å². The predicted molar refractivity (Wildman–Crippen MR) is 115 cm³/mol. The third-order valence-electron chi connectivity index (χ3n) is 5.49. The molecule has 0 spiro atoms. The van der Waals surface area contributed by atoms with Crippen LogP contribution in [0.15, 0.2) is 43.1 Å². The molecule has 1 aliphatic heterocycles. The average Bonchev–Trinajstić information content (AvgIpc) is 3.11. The van der Waals surface area contributed by atoms with Gasteiger partial charge in [-0.2, -0.15) is 5.10 Å². The van der Waals surface area contributed by atoms with Crippen LogP contribution in [0.2, 0.25) is 0 Å². The lowest BCUT2D eigenvalue weighted by molar-refractivity contribution is 0.107. The molecule has 5 nitrogen and oxygen atoms in total. The van der Waals surface area contributed by atoms with Crippen molar-refractivity contribution < 1.29 is 9.18 Å². The molecule has 0 amide bonds. The molecule has 7 heteroatoms. The molecule has 0 aliphatic carbocycles. The number of pyridine rings is 1. The molecule has 3 heterocycles. The predicted octanol–water partition coefficient (Wildman–Crippen LogP) is 4.11. The zero-order valence-electron chi connectivity index (χ0n) is 16.7. The van der Waals surface area contributed by atoms with E-state index in [9.17, 15) is 9.18 Å². The molecule has 3 aromatic rings. The fraction of sp³-hybridized carbons (Fsp3) is 0.318. The topological polar surface area (TPSA) is 61.9 Å². The number of carbonyl (C=O) groups excluding carboxylic acids is 1. The Morgan fingerprint density at radius 3 is 2.79 bits per heavy atom. The van der Waals surface area contributed by atoms with Crippen molar-refractivity contribution in [2.24, 2.45) is 0 Å². The number of H-pyrrole nitrogens is 1. The molecule has 0 bridgehead atoms. The average molecular weight is 389 g/mol. The van der Waals surface area contributed by atoms with Crippen molar-refractivity contribution in [2.75, 3.05) is 18.0 Å². The van der Waals surface area contributed by atoms with Gasteiger partial charge >= 0.3 is 0 Å². The molecule has 1 N–H and O–H groups in total. The molecule has 2 aromatic heterocycles. The first kappa shape index (κ1) is 19.4. The maximum atomic E-state index is 14.0. The molecule has 147 valence electrons. The Hall–Kier alpha value is -2.96. The van der Waals surface area contributed by atoms with Gasteiger partial charge in [-0.05, 0) is 32.3 Å². The zero-order valence-corrected chi connectivity index (χ0v) is 16.7. The molecule has 0 saturated carbocycles. The van der Waals surface area contributed by atoms with Gasteiger partial charge in [-0.3, -0.25) is 5.10 Å². The van der Waals surface area contributed by atoms with E-state index in [1.807, 2.05) is 37.3 Å². The number of alkyl halides is 1. The summed E-state index contributed by atoms with van der Waals surface area (Å²) < 4.78 is 14.0. The van der Waals surface area contributed by atoms with Gasteiger partial charge in [0.25, 0.3) is 0 Å². The highest BCUT2D eigenvalue weighted by atomic mass is 19.1. The molecular weight excluding hydrogens is 366 g/mol. The van der Waals surface area contributed by atoms with Crippen molar-refractivity contribution >= 4 is 35.2 Å². The second-order valence-electron chi connectivity index (χ2n) is 7.96. The summed E-state index contributed by atoms with van der Waals surface area (Å²) >= 11 is 0. The summed E-state index contributed by atoms with van der Waals surface area (Å²) in [5.41, 5.74) is 2.39. The van der Waals surface area contributed by atoms with E-state index in [0.717, 1.165) is 22.5 Å². The molecule has 29 heavy (non-hydrogen) atoms. The summed E-state index contributed by atoms with van der Waals surface area (Å²) in [5.74, 6) is 0.767. The van der Waals surface area contributed by atoms with Crippen LogP contribution in [0, 0.1) is 6.92 Å². The van der Waals surface area contributed by atoms with Crippen LogP contribution in [0.4, 0.5) is 10.2 Å². The molecule has 0 atom stereocenters. The first-order valence-corrected chi connectivity index (χ1v) is 9.75. The van der Waals surface area contributed by atoms with E-state index >= 15 is 0 Å². The Kier molecular flexibility index (Phi) is 4.98. The number of hydrogen-bond donors (Lipinski definition) is 1. The highest BCUT2D eigenvalue weighted by Gasteiger charge is 2.30. The fourth-order valence-corrected chi connectivity index (χ4v) is 3.62. The number of nitrogens with zero attached hydrogens (tertiary/aromatic N) is 3. The van der Waals surface area contributed by atoms with Gasteiger partial charge in [0.2, 0.25) is 7.28 Å². The maximum Gasteiger partial charge on any atom is 0.250 e. The Balaban J connectivity index is 1.51. The number of benzene rings is 1. The van der Waals surface area contributed by atoms with Gasteiger partial charge in [-0.25, -0.2) is 9.37 Å². The first-order chi connectivity index (χ1) is 13.8. The molecule has 4 rings (SSSR count). The van der Waals surface area contributed by atoms with Crippen molar-refractivity contribution in [1.29, 1.82) is 0 Å². The third-order valence-corrected chi connectivity index (χ3v) is 5.49. The number of halogens is 1. The maximum absolute atomic E-state index is 14.0. The number of rotatable bonds is 5. The summed E-state index contributed by atoms with van der Waals surface area (Å²) in [6.45, 7) is 8.90. The number of piperidine rings is 1. The van der Waals surface area contributed by atoms with E-state index in [0.29, 0.717) is 42.5 Å². The van der Waals surface area contributed by atoms with Gasteiger partial charge in [0.05, 0.1) is 5.52 Å². The second-order valence-corrected chi connectivity index (χ2v) is 7.96. The number of nitrogens with one attached hydrogen (secondary N) is 1. The van der Waals surface area contributed by atoms with E-state index < -0.39 is 5.67 Å². The summed E-state index contributed by atoms with van der Waals surface area (Å²) in [5, 5.41) is 7.80. The van der Waals surface area contributed by atoms with E-state index in [4.69, 9.17) is 0 Å². The number of carbonyl (C=O) groups is 1. The minimum atomic E-state index is -1.11. The smallest absolute Gasteiger partial charge is 0.250 e. The lowest BCUT2D eigenvalue weighted by Crippen LogP contribution is -2.40. The van der Waals surface area contributed by atoms with Crippen molar-refractivity contribution in [3.8, 4) is 0 Å². The monoisotopic (exact) mass is 389 g/mol. The summed E-state index contributed by atoms with van der Waals surface area (Å²) in [6.07, 6.45) is 2.62. The van der Waals surface area contributed by atoms with Gasteiger partial charge in [-0.15, -0.1) is 6.58 Å². The summed E-state index contributed by atoms with van der Waals surface area (Å²) in [6, 6.07) is 9.73. The summed E-state index contributed by atoms with van der Waals surface area (Å²) in [4.78, 5) is 19.3. The Morgan fingerprint density at radius 2 is 2.07 bits per heavy atom. The van der Waals surface area contributed by atoms with Crippen molar-refractivity contribution in [2.45, 2.75) is 32.4 Å². The largest absolute Gasteiger partial charge is 0.356 e. The first-order valence-electron chi connectivity index (χ1n) is 9.75. The molecule has 1 aromatic carbocycles. The minimum Gasteiger partial charge on any atom is -0.356 e. The molecule has 0 unspecified atom stereocenters. The number of aryl methyl sites for hydroxylation is 1. The van der Waals surface area contributed by atoms with Crippen LogP contribution in [0.25, 0.3) is 16.4 Å². The van der Waals surface area contributed by atoms with E-state index in [-0.39, 0.29) is 5.68 Å². The van der Waals surface area contributed by atoms with Gasteiger partial charge in [0, 0.05) is 30.7 Å². The number of anilines is 1. The summed E-state index contributed by atoms with van der Waals surface area (Å²) in [7, 11) is 1.50. The van der Waals surface area contributed by atoms with Crippen molar-refractivity contribution in [1.82, 2.24) is 15.2 Å². The standard InChI is InChI=1S/C22H23BFN4O/c1-14-5-4-6-16(11-14)15(2)23-21(29)20-17-13-25-19(12-18(17)26-27-20)28-9-7-22(3,24)8-10-28/h4-6,11-13H,2,7-10H2,1,3H3,(H,26,27). The second kappa shape index (κ2) is 7.46. The number of aromatic amines is 1. The number of fused-ring (bicyclic) bond motifs is 1. The van der Waals surface area contributed by atoms with E-state index in [2.05, 4.69) is 26.7 Å². The van der Waals surface area contributed by atoms with E-state index in [1.54, 1.807) is 13.1 Å². The Bertz CT molecular complexity index is 1080. The highest BCUT2D eigenvalue weighted by Crippen LogP contribution is 2.29. The molecule has 1 aliphatic rings. The highest BCUT2D eigenvalue weighted by molar-refractivity contribution is 6.91. The van der Waals surface area contributed by atoms with Gasteiger partial charge in [0.15, 0.2) is 0 Å². The van der Waals surface area contributed by atoms with Gasteiger partial charge in [-0.1, -0.05) is 35.3 Å².